The summed E-state index contributed by atoms with van der Waals surface area (Å²) >= 11 is 0. The van der Waals surface area contributed by atoms with Crippen LogP contribution in [0, 0.1) is 0 Å². The summed E-state index contributed by atoms with van der Waals surface area (Å²) in [5.74, 6) is -1.02. The Morgan fingerprint density at radius 3 is 2.50 bits per heavy atom. The molecule has 1 N–H and O–H groups in total. The first-order valence-electron chi connectivity index (χ1n) is 5.76. The molecular formula is C12H17NO4S. The average molecular weight is 271 g/mol. The largest absolute Gasteiger partial charge is 0.478 e. The van der Waals surface area contributed by atoms with Gasteiger partial charge in [0.1, 0.15) is 0 Å². The molecule has 0 aromatic heterocycles. The van der Waals surface area contributed by atoms with Crippen LogP contribution in [-0.2, 0) is 10.0 Å². The minimum Gasteiger partial charge on any atom is -0.478 e. The quantitative estimate of drug-likeness (QED) is 0.858. The van der Waals surface area contributed by atoms with Crippen LogP contribution < -0.4 is 4.31 Å². The van der Waals surface area contributed by atoms with Crippen LogP contribution in [0.2, 0.25) is 0 Å². The zero-order valence-corrected chi connectivity index (χ0v) is 11.3. The number of carboxylic acids is 1. The lowest BCUT2D eigenvalue weighted by Gasteiger charge is -2.22. The van der Waals surface area contributed by atoms with Crippen LogP contribution in [0.1, 0.15) is 30.6 Å². The van der Waals surface area contributed by atoms with Gasteiger partial charge in [0.2, 0.25) is 10.0 Å². The Hall–Kier alpha value is -1.56. The van der Waals surface area contributed by atoms with E-state index in [2.05, 4.69) is 0 Å². The maximum Gasteiger partial charge on any atom is 0.335 e. The summed E-state index contributed by atoms with van der Waals surface area (Å²) in [5, 5.41) is 8.90. The molecular weight excluding hydrogens is 254 g/mol. The number of nitrogens with zero attached hydrogens (tertiary/aromatic N) is 1. The molecule has 0 aliphatic carbocycles. The second kappa shape index (κ2) is 5.86. The molecule has 0 aliphatic heterocycles. The second-order valence-corrected chi connectivity index (χ2v) is 5.85. The summed E-state index contributed by atoms with van der Waals surface area (Å²) in [5.41, 5.74) is 0.475. The standard InChI is InChI=1S/C12H17NO4S/c1-3-8-18(16,17)13(4-2)11-7-5-6-10(9-11)12(14)15/h5-7,9H,3-4,8H2,1-2H3,(H,14,15). The van der Waals surface area contributed by atoms with E-state index in [1.807, 2.05) is 0 Å². The smallest absolute Gasteiger partial charge is 0.335 e. The molecule has 1 rings (SSSR count). The molecule has 0 bridgehead atoms. The summed E-state index contributed by atoms with van der Waals surface area (Å²) in [6.45, 7) is 3.80. The van der Waals surface area contributed by atoms with E-state index in [4.69, 9.17) is 5.11 Å². The Morgan fingerprint density at radius 1 is 1.33 bits per heavy atom. The van der Waals surface area contributed by atoms with Crippen molar-refractivity contribution in [2.75, 3.05) is 16.6 Å². The molecule has 0 atom stereocenters. The number of rotatable bonds is 6. The minimum absolute atomic E-state index is 0.0537. The number of aromatic carboxylic acids is 1. The van der Waals surface area contributed by atoms with Gasteiger partial charge in [0.15, 0.2) is 0 Å². The van der Waals surface area contributed by atoms with Gasteiger partial charge in [-0.3, -0.25) is 4.31 Å². The van der Waals surface area contributed by atoms with Gasteiger partial charge >= 0.3 is 5.97 Å². The van der Waals surface area contributed by atoms with Gasteiger partial charge in [-0.25, -0.2) is 13.2 Å². The number of anilines is 1. The topological polar surface area (TPSA) is 74.7 Å². The first kappa shape index (κ1) is 14.5. The van der Waals surface area contributed by atoms with E-state index in [0.29, 0.717) is 12.1 Å². The van der Waals surface area contributed by atoms with Crippen molar-refractivity contribution in [3.8, 4) is 0 Å². The predicted molar refractivity (Wildman–Crippen MR) is 70.5 cm³/mol. The van der Waals surface area contributed by atoms with Crippen LogP contribution in [0.4, 0.5) is 5.69 Å². The molecule has 6 heteroatoms. The number of benzene rings is 1. The van der Waals surface area contributed by atoms with Crippen molar-refractivity contribution < 1.29 is 18.3 Å². The van der Waals surface area contributed by atoms with Gasteiger partial charge in [0.05, 0.1) is 17.0 Å². The van der Waals surface area contributed by atoms with Crippen molar-refractivity contribution in [1.29, 1.82) is 0 Å². The Kier molecular flexibility index (Phi) is 4.72. The number of sulfonamides is 1. The molecule has 1 aromatic carbocycles. The molecule has 1 aromatic rings. The molecule has 5 nitrogen and oxygen atoms in total. The zero-order chi connectivity index (χ0) is 13.8. The van der Waals surface area contributed by atoms with Gasteiger partial charge in [0.25, 0.3) is 0 Å². The van der Waals surface area contributed by atoms with Crippen molar-refractivity contribution in [3.63, 3.8) is 0 Å². The van der Waals surface area contributed by atoms with Gasteiger partial charge in [-0.1, -0.05) is 13.0 Å². The van der Waals surface area contributed by atoms with Crippen LogP contribution in [-0.4, -0.2) is 31.8 Å². The van der Waals surface area contributed by atoms with Gasteiger partial charge in [0, 0.05) is 6.54 Å². The van der Waals surface area contributed by atoms with Crippen LogP contribution in [0.5, 0.6) is 0 Å². The highest BCUT2D eigenvalue weighted by Gasteiger charge is 2.20. The van der Waals surface area contributed by atoms with Crippen LogP contribution in [0.25, 0.3) is 0 Å². The second-order valence-electron chi connectivity index (χ2n) is 3.84. The fraction of sp³-hybridized carbons (Fsp3) is 0.417. The van der Waals surface area contributed by atoms with Crippen LogP contribution in [0.15, 0.2) is 24.3 Å². The average Bonchev–Trinajstić information content (AvgIpc) is 2.29. The highest BCUT2D eigenvalue weighted by molar-refractivity contribution is 7.92. The number of hydrogen-bond acceptors (Lipinski definition) is 3. The molecule has 100 valence electrons. The Morgan fingerprint density at radius 2 is 2.00 bits per heavy atom. The van der Waals surface area contributed by atoms with E-state index in [0.717, 1.165) is 0 Å². The minimum atomic E-state index is -3.38. The van der Waals surface area contributed by atoms with Crippen molar-refractivity contribution in [1.82, 2.24) is 0 Å². The van der Waals surface area contributed by atoms with Gasteiger partial charge < -0.3 is 5.11 Å². The predicted octanol–water partition coefficient (Wildman–Crippen LogP) is 1.95. The third-order valence-corrected chi connectivity index (χ3v) is 4.53. The lowest BCUT2D eigenvalue weighted by molar-refractivity contribution is 0.0697. The molecule has 0 amide bonds. The van der Waals surface area contributed by atoms with E-state index < -0.39 is 16.0 Å². The molecule has 0 saturated carbocycles. The molecule has 0 fully saturated rings. The van der Waals surface area contributed by atoms with E-state index in [9.17, 15) is 13.2 Å². The van der Waals surface area contributed by atoms with E-state index in [-0.39, 0.29) is 17.9 Å². The SMILES string of the molecule is CCCS(=O)(=O)N(CC)c1cccc(C(=O)O)c1. The molecule has 0 aliphatic rings. The maximum atomic E-state index is 12.0. The number of carbonyl (C=O) groups is 1. The molecule has 0 spiro atoms. The monoisotopic (exact) mass is 271 g/mol. The van der Waals surface area contributed by atoms with Crippen LogP contribution >= 0.6 is 0 Å². The highest BCUT2D eigenvalue weighted by atomic mass is 32.2. The lowest BCUT2D eigenvalue weighted by Crippen LogP contribution is -2.32. The molecule has 0 heterocycles. The van der Waals surface area contributed by atoms with Gasteiger partial charge in [-0.2, -0.15) is 0 Å². The van der Waals surface area contributed by atoms with E-state index in [1.54, 1.807) is 26.0 Å². The van der Waals surface area contributed by atoms with Gasteiger partial charge in [-0.15, -0.1) is 0 Å². The summed E-state index contributed by atoms with van der Waals surface area (Å²) in [4.78, 5) is 10.9. The first-order chi connectivity index (χ1) is 8.42. The zero-order valence-electron chi connectivity index (χ0n) is 10.5. The summed E-state index contributed by atoms with van der Waals surface area (Å²) in [6, 6.07) is 5.96. The molecule has 18 heavy (non-hydrogen) atoms. The van der Waals surface area contributed by atoms with E-state index in [1.165, 1.54) is 16.4 Å². The maximum absolute atomic E-state index is 12.0. The highest BCUT2D eigenvalue weighted by Crippen LogP contribution is 2.20. The summed E-state index contributed by atoms with van der Waals surface area (Å²) in [7, 11) is -3.38. The summed E-state index contributed by atoms with van der Waals surface area (Å²) in [6.07, 6.45) is 0.525. The van der Waals surface area contributed by atoms with Crippen molar-refractivity contribution in [3.05, 3.63) is 29.8 Å². The Bertz CT molecular complexity index is 525. The summed E-state index contributed by atoms with van der Waals surface area (Å²) < 4.78 is 25.3. The molecule has 0 unspecified atom stereocenters. The lowest BCUT2D eigenvalue weighted by atomic mass is 10.2. The van der Waals surface area contributed by atoms with E-state index >= 15 is 0 Å². The third kappa shape index (κ3) is 3.22. The fourth-order valence-electron chi connectivity index (χ4n) is 1.70. The number of hydrogen-bond donors (Lipinski definition) is 1. The normalized spacial score (nSPS) is 11.2. The fourth-order valence-corrected chi connectivity index (χ4v) is 3.27. The van der Waals surface area contributed by atoms with Crippen molar-refractivity contribution in [2.45, 2.75) is 20.3 Å². The molecule has 0 radical (unpaired) electrons. The van der Waals surface area contributed by atoms with Crippen molar-refractivity contribution in [2.24, 2.45) is 0 Å². The Balaban J connectivity index is 3.17. The Labute approximate surface area is 107 Å². The van der Waals surface area contributed by atoms with Crippen LogP contribution in [0.3, 0.4) is 0 Å². The first-order valence-corrected chi connectivity index (χ1v) is 7.37. The molecule has 0 saturated heterocycles. The van der Waals surface area contributed by atoms with Gasteiger partial charge in [-0.05, 0) is 31.5 Å². The third-order valence-electron chi connectivity index (χ3n) is 2.47. The number of carboxylic acid groups (broad SMARTS) is 1. The van der Waals surface area contributed by atoms with Crippen molar-refractivity contribution >= 4 is 21.7 Å².